The van der Waals surface area contributed by atoms with E-state index in [1.54, 1.807) is 11.8 Å². The van der Waals surface area contributed by atoms with Crippen molar-refractivity contribution in [3.63, 3.8) is 0 Å². The first-order chi connectivity index (χ1) is 5.17. The first kappa shape index (κ1) is 7.40. The summed E-state index contributed by atoms with van der Waals surface area (Å²) in [5.74, 6) is 0. The predicted molar refractivity (Wildman–Crippen MR) is 44.9 cm³/mol. The normalized spacial score (nSPS) is 33.3. The van der Waals surface area contributed by atoms with Crippen molar-refractivity contribution in [3.05, 3.63) is 22.5 Å². The third-order valence-corrected chi connectivity index (χ3v) is 2.51. The molecule has 0 saturated carbocycles. The Labute approximate surface area is 70.2 Å². The van der Waals surface area contributed by atoms with E-state index in [0.29, 0.717) is 0 Å². The number of rotatable bonds is 0. The lowest BCUT2D eigenvalue weighted by Gasteiger charge is -2.28. The van der Waals surface area contributed by atoms with Gasteiger partial charge in [-0.1, -0.05) is 11.8 Å². The summed E-state index contributed by atoms with van der Waals surface area (Å²) >= 11 is 1.70. The van der Waals surface area contributed by atoms with Crippen LogP contribution in [0.25, 0.3) is 0 Å². The van der Waals surface area contributed by atoms with Crippen LogP contribution >= 0.6 is 11.8 Å². The van der Waals surface area contributed by atoms with Gasteiger partial charge in [0.05, 0.1) is 0 Å². The molecule has 2 nitrogen and oxygen atoms in total. The van der Waals surface area contributed by atoms with Crippen molar-refractivity contribution in [2.75, 3.05) is 0 Å². The highest BCUT2D eigenvalue weighted by molar-refractivity contribution is 8.06. The van der Waals surface area contributed by atoms with Crippen LogP contribution in [0.5, 0.6) is 0 Å². The van der Waals surface area contributed by atoms with Gasteiger partial charge in [-0.15, -0.1) is 0 Å². The second kappa shape index (κ2) is 2.37. The Bertz CT molecular complexity index is 230. The van der Waals surface area contributed by atoms with Crippen LogP contribution in [-0.4, -0.2) is 11.7 Å². The van der Waals surface area contributed by atoms with E-state index in [1.807, 2.05) is 25.3 Å². The van der Waals surface area contributed by atoms with E-state index in [2.05, 4.69) is 6.08 Å². The number of hydrogen-bond donors (Lipinski definition) is 0. The minimum atomic E-state index is -0.273. The molecule has 0 radical (unpaired) electrons. The summed E-state index contributed by atoms with van der Waals surface area (Å²) in [5, 5.41) is 2.03. The van der Waals surface area contributed by atoms with Crippen molar-refractivity contribution in [1.29, 1.82) is 0 Å². The molecule has 0 spiro atoms. The zero-order chi connectivity index (χ0) is 7.90. The molecule has 0 fully saturated rings. The van der Waals surface area contributed by atoms with E-state index in [4.69, 9.17) is 9.78 Å². The largest absolute Gasteiger partial charge is 0.225 e. The van der Waals surface area contributed by atoms with E-state index < -0.39 is 0 Å². The van der Waals surface area contributed by atoms with Crippen LogP contribution in [0.1, 0.15) is 13.8 Å². The van der Waals surface area contributed by atoms with E-state index in [0.717, 1.165) is 0 Å². The van der Waals surface area contributed by atoms with Crippen molar-refractivity contribution in [2.24, 2.45) is 0 Å². The molecule has 1 atom stereocenters. The number of fused-ring (bicyclic) bond motifs is 1. The highest BCUT2D eigenvalue weighted by Crippen LogP contribution is 2.37. The molecule has 0 bridgehead atoms. The summed E-state index contributed by atoms with van der Waals surface area (Å²) in [6.45, 7) is 3.96. The topological polar surface area (TPSA) is 18.5 Å². The van der Waals surface area contributed by atoms with Crippen molar-refractivity contribution in [2.45, 2.75) is 25.6 Å². The molecule has 0 amide bonds. The Hall–Kier alpha value is -0.250. The molecule has 1 unspecified atom stereocenters. The van der Waals surface area contributed by atoms with Gasteiger partial charge in [0.2, 0.25) is 0 Å². The SMILES string of the molecule is CC1(C)C=C2SC=CC2OO1. The molecule has 0 aromatic carbocycles. The molecule has 0 aromatic heterocycles. The van der Waals surface area contributed by atoms with Gasteiger partial charge in [0.15, 0.2) is 0 Å². The summed E-state index contributed by atoms with van der Waals surface area (Å²) in [6.07, 6.45) is 4.14. The first-order valence-electron chi connectivity index (χ1n) is 3.58. The summed E-state index contributed by atoms with van der Waals surface area (Å²) in [7, 11) is 0. The lowest BCUT2D eigenvalue weighted by Crippen LogP contribution is -2.30. The number of hydrogen-bond acceptors (Lipinski definition) is 3. The highest BCUT2D eigenvalue weighted by atomic mass is 32.2. The maximum Gasteiger partial charge on any atom is 0.143 e. The maximum atomic E-state index is 5.14. The third kappa shape index (κ3) is 1.36. The van der Waals surface area contributed by atoms with Gasteiger partial charge in [-0.05, 0) is 31.4 Å². The molecule has 2 aliphatic heterocycles. The van der Waals surface area contributed by atoms with Crippen LogP contribution in [0.15, 0.2) is 22.5 Å². The van der Waals surface area contributed by atoms with E-state index in [1.165, 1.54) is 4.91 Å². The lowest BCUT2D eigenvalue weighted by molar-refractivity contribution is -0.356. The monoisotopic (exact) mass is 170 g/mol. The quantitative estimate of drug-likeness (QED) is 0.519. The Kier molecular flexibility index (Phi) is 1.59. The Morgan fingerprint density at radius 3 is 3.18 bits per heavy atom. The zero-order valence-corrected chi connectivity index (χ0v) is 7.35. The zero-order valence-electron chi connectivity index (χ0n) is 6.53. The molecular formula is C8H10O2S. The van der Waals surface area contributed by atoms with Crippen LogP contribution in [-0.2, 0) is 9.78 Å². The van der Waals surface area contributed by atoms with Gasteiger partial charge in [-0.3, -0.25) is 0 Å². The van der Waals surface area contributed by atoms with Gasteiger partial charge in [0.1, 0.15) is 11.7 Å². The molecule has 2 heterocycles. The molecule has 3 heteroatoms. The third-order valence-electron chi connectivity index (χ3n) is 1.59. The second-order valence-electron chi connectivity index (χ2n) is 3.20. The van der Waals surface area contributed by atoms with Crippen LogP contribution < -0.4 is 0 Å². The fraction of sp³-hybridized carbons (Fsp3) is 0.500. The van der Waals surface area contributed by atoms with Crippen molar-refractivity contribution < 1.29 is 9.78 Å². The van der Waals surface area contributed by atoms with Gasteiger partial charge < -0.3 is 0 Å². The fourth-order valence-electron chi connectivity index (χ4n) is 1.09. The summed E-state index contributed by atoms with van der Waals surface area (Å²) < 4.78 is 0. The highest BCUT2D eigenvalue weighted by Gasteiger charge is 2.30. The minimum absolute atomic E-state index is 0.0491. The van der Waals surface area contributed by atoms with Crippen molar-refractivity contribution >= 4 is 11.8 Å². The van der Waals surface area contributed by atoms with Crippen LogP contribution in [0.3, 0.4) is 0 Å². The van der Waals surface area contributed by atoms with E-state index in [-0.39, 0.29) is 11.7 Å². The Morgan fingerprint density at radius 2 is 2.36 bits per heavy atom. The Morgan fingerprint density at radius 1 is 1.55 bits per heavy atom. The van der Waals surface area contributed by atoms with Gasteiger partial charge in [0.25, 0.3) is 0 Å². The first-order valence-corrected chi connectivity index (χ1v) is 4.46. The molecule has 0 aromatic rings. The van der Waals surface area contributed by atoms with Crippen LogP contribution in [0, 0.1) is 0 Å². The van der Waals surface area contributed by atoms with Gasteiger partial charge in [-0.25, -0.2) is 9.78 Å². The minimum Gasteiger partial charge on any atom is -0.225 e. The molecule has 0 aliphatic carbocycles. The van der Waals surface area contributed by atoms with Gasteiger partial charge in [-0.2, -0.15) is 0 Å². The fourth-order valence-corrected chi connectivity index (χ4v) is 2.07. The van der Waals surface area contributed by atoms with Crippen LogP contribution in [0.4, 0.5) is 0 Å². The molecule has 60 valence electrons. The van der Waals surface area contributed by atoms with E-state index >= 15 is 0 Å². The maximum absolute atomic E-state index is 5.14. The lowest BCUT2D eigenvalue weighted by atomic mass is 10.1. The molecule has 11 heavy (non-hydrogen) atoms. The van der Waals surface area contributed by atoms with Crippen molar-refractivity contribution in [1.82, 2.24) is 0 Å². The Balaban J connectivity index is 2.26. The molecule has 2 aliphatic rings. The van der Waals surface area contributed by atoms with Crippen LogP contribution in [0.2, 0.25) is 0 Å². The molecule has 2 rings (SSSR count). The molecule has 0 saturated heterocycles. The van der Waals surface area contributed by atoms with E-state index in [9.17, 15) is 0 Å². The summed E-state index contributed by atoms with van der Waals surface area (Å²) in [4.78, 5) is 11.5. The van der Waals surface area contributed by atoms with Gasteiger partial charge >= 0.3 is 0 Å². The number of thioether (sulfide) groups is 1. The second-order valence-corrected chi connectivity index (χ2v) is 4.18. The smallest absolute Gasteiger partial charge is 0.143 e. The summed E-state index contributed by atoms with van der Waals surface area (Å²) in [5.41, 5.74) is -0.273. The average Bonchev–Trinajstić information content (AvgIpc) is 2.31. The standard InChI is InChI=1S/C8H10O2S/c1-8(2)5-7-6(9-10-8)3-4-11-7/h3-6H,1-2H3. The predicted octanol–water partition coefficient (Wildman–Crippen LogP) is 2.24. The van der Waals surface area contributed by atoms with Gasteiger partial charge in [0, 0.05) is 4.91 Å². The molecule has 0 N–H and O–H groups in total. The average molecular weight is 170 g/mol. The summed E-state index contributed by atoms with van der Waals surface area (Å²) in [6, 6.07) is 0. The van der Waals surface area contributed by atoms with Crippen molar-refractivity contribution in [3.8, 4) is 0 Å². The molecular weight excluding hydrogens is 160 g/mol.